The van der Waals surface area contributed by atoms with Crippen LogP contribution in [0.1, 0.15) is 5.69 Å². The van der Waals surface area contributed by atoms with E-state index in [9.17, 15) is 26.0 Å². The molecular weight excluding hydrogens is 340 g/mol. The Balaban J connectivity index is 2.57. The van der Waals surface area contributed by atoms with Gasteiger partial charge in [-0.1, -0.05) is 12.1 Å². The van der Waals surface area contributed by atoms with E-state index in [1.54, 1.807) is 6.07 Å². The smallest absolute Gasteiger partial charge is 0.374 e. The van der Waals surface area contributed by atoms with Crippen molar-refractivity contribution in [3.05, 3.63) is 48.0 Å². The predicted molar refractivity (Wildman–Crippen MR) is 69.9 cm³/mol. The molecule has 0 unspecified atom stereocenters. The molecule has 0 fully saturated rings. The summed E-state index contributed by atoms with van der Waals surface area (Å²) in [5.74, 6) is -1.33. The van der Waals surface area contributed by atoms with Crippen LogP contribution in [-0.4, -0.2) is 18.9 Å². The number of nitrogens with zero attached hydrogens (tertiary/aromatic N) is 2. The Kier molecular flexibility index (Phi) is 4.24. The molecule has 0 aliphatic heterocycles. The number of hydrogen-bond donors (Lipinski definition) is 0. The lowest BCUT2D eigenvalue weighted by atomic mass is 10.1. The number of halogens is 4. The SMILES string of the molecule is N#Cc1cc(-c2ccc(F)cc2)c(OS(=O)(=O)C(F)(F)F)cn1. The highest BCUT2D eigenvalue weighted by Crippen LogP contribution is 2.34. The number of alkyl halides is 3. The molecule has 0 saturated carbocycles. The van der Waals surface area contributed by atoms with Gasteiger partial charge in [-0.3, -0.25) is 0 Å². The zero-order valence-corrected chi connectivity index (χ0v) is 11.8. The normalized spacial score (nSPS) is 11.8. The van der Waals surface area contributed by atoms with Gasteiger partial charge in [-0.2, -0.15) is 26.9 Å². The molecule has 5 nitrogen and oxygen atoms in total. The van der Waals surface area contributed by atoms with E-state index in [0.717, 1.165) is 18.2 Å². The maximum Gasteiger partial charge on any atom is 0.534 e. The summed E-state index contributed by atoms with van der Waals surface area (Å²) in [5.41, 5.74) is -5.80. The lowest BCUT2D eigenvalue weighted by Gasteiger charge is -2.13. The summed E-state index contributed by atoms with van der Waals surface area (Å²) in [5, 5.41) is 8.79. The van der Waals surface area contributed by atoms with Crippen molar-refractivity contribution in [3.8, 4) is 22.9 Å². The van der Waals surface area contributed by atoms with Crippen LogP contribution in [0.15, 0.2) is 36.5 Å². The van der Waals surface area contributed by atoms with Crippen LogP contribution < -0.4 is 4.18 Å². The largest absolute Gasteiger partial charge is 0.534 e. The van der Waals surface area contributed by atoms with Gasteiger partial charge in [-0.25, -0.2) is 9.37 Å². The Morgan fingerprint density at radius 3 is 2.30 bits per heavy atom. The van der Waals surface area contributed by atoms with E-state index in [-0.39, 0.29) is 16.8 Å². The molecule has 120 valence electrons. The fraction of sp³-hybridized carbons (Fsp3) is 0.0769. The van der Waals surface area contributed by atoms with E-state index >= 15 is 0 Å². The fourth-order valence-electron chi connectivity index (χ4n) is 1.59. The van der Waals surface area contributed by atoms with Gasteiger partial charge < -0.3 is 4.18 Å². The summed E-state index contributed by atoms with van der Waals surface area (Å²) in [4.78, 5) is 3.48. The van der Waals surface area contributed by atoms with Gasteiger partial charge in [0.1, 0.15) is 17.6 Å². The van der Waals surface area contributed by atoms with Gasteiger partial charge in [-0.15, -0.1) is 0 Å². The third-order valence-corrected chi connectivity index (χ3v) is 3.59. The Morgan fingerprint density at radius 2 is 1.78 bits per heavy atom. The first-order chi connectivity index (χ1) is 10.6. The molecular formula is C13H6F4N2O3S. The van der Waals surface area contributed by atoms with Crippen LogP contribution in [0.25, 0.3) is 11.1 Å². The molecule has 0 amide bonds. The van der Waals surface area contributed by atoms with Crippen LogP contribution >= 0.6 is 0 Å². The highest BCUT2D eigenvalue weighted by molar-refractivity contribution is 7.88. The Hall–Kier alpha value is -2.67. The quantitative estimate of drug-likeness (QED) is 0.485. The van der Waals surface area contributed by atoms with Crippen molar-refractivity contribution in [3.63, 3.8) is 0 Å². The molecule has 1 aromatic heterocycles. The van der Waals surface area contributed by atoms with Crippen LogP contribution in [0.2, 0.25) is 0 Å². The van der Waals surface area contributed by atoms with Crippen molar-refractivity contribution in [2.45, 2.75) is 5.51 Å². The van der Waals surface area contributed by atoms with E-state index in [4.69, 9.17) is 5.26 Å². The highest BCUT2D eigenvalue weighted by atomic mass is 32.2. The fourth-order valence-corrected chi connectivity index (χ4v) is 2.05. The van der Waals surface area contributed by atoms with Gasteiger partial charge in [0.05, 0.1) is 6.20 Å². The second-order valence-corrected chi connectivity index (χ2v) is 5.71. The Labute approximate surface area is 127 Å². The summed E-state index contributed by atoms with van der Waals surface area (Å²) >= 11 is 0. The van der Waals surface area contributed by atoms with Crippen LogP contribution in [0, 0.1) is 17.1 Å². The molecule has 23 heavy (non-hydrogen) atoms. The number of aromatic nitrogens is 1. The second kappa shape index (κ2) is 5.85. The van der Waals surface area contributed by atoms with Crippen LogP contribution in [0.4, 0.5) is 17.6 Å². The average molecular weight is 346 g/mol. The first-order valence-corrected chi connectivity index (χ1v) is 7.22. The zero-order valence-electron chi connectivity index (χ0n) is 11.0. The first-order valence-electron chi connectivity index (χ1n) is 5.81. The average Bonchev–Trinajstić information content (AvgIpc) is 2.47. The molecule has 0 bridgehead atoms. The molecule has 0 N–H and O–H groups in total. The third-order valence-electron chi connectivity index (χ3n) is 2.62. The molecule has 0 spiro atoms. The van der Waals surface area contributed by atoms with Crippen LogP contribution in [0.3, 0.4) is 0 Å². The van der Waals surface area contributed by atoms with Crippen molar-refractivity contribution in [1.29, 1.82) is 5.26 Å². The molecule has 0 radical (unpaired) electrons. The van der Waals surface area contributed by atoms with Crippen LogP contribution in [-0.2, 0) is 10.1 Å². The van der Waals surface area contributed by atoms with Crippen molar-refractivity contribution >= 4 is 10.1 Å². The summed E-state index contributed by atoms with van der Waals surface area (Å²) in [6, 6.07) is 7.11. The van der Waals surface area contributed by atoms with Gasteiger partial charge in [0, 0.05) is 5.56 Å². The number of nitriles is 1. The lowest BCUT2D eigenvalue weighted by Crippen LogP contribution is -2.28. The summed E-state index contributed by atoms with van der Waals surface area (Å²) in [6.45, 7) is 0. The van der Waals surface area contributed by atoms with Gasteiger partial charge in [-0.05, 0) is 23.8 Å². The third kappa shape index (κ3) is 3.57. The van der Waals surface area contributed by atoms with Crippen molar-refractivity contribution in [1.82, 2.24) is 4.98 Å². The number of rotatable bonds is 3. The second-order valence-electron chi connectivity index (χ2n) is 4.17. The van der Waals surface area contributed by atoms with Gasteiger partial charge >= 0.3 is 15.6 Å². The van der Waals surface area contributed by atoms with Crippen molar-refractivity contribution in [2.75, 3.05) is 0 Å². The van der Waals surface area contributed by atoms with E-state index < -0.39 is 27.2 Å². The first kappa shape index (κ1) is 16.7. The summed E-state index contributed by atoms with van der Waals surface area (Å²) in [7, 11) is -5.91. The summed E-state index contributed by atoms with van der Waals surface area (Å²) in [6.07, 6.45) is 0.681. The molecule has 2 rings (SSSR count). The van der Waals surface area contributed by atoms with Gasteiger partial charge in [0.25, 0.3) is 0 Å². The monoisotopic (exact) mass is 346 g/mol. The van der Waals surface area contributed by atoms with Gasteiger partial charge in [0.2, 0.25) is 0 Å². The van der Waals surface area contributed by atoms with Crippen molar-refractivity contribution in [2.24, 2.45) is 0 Å². The molecule has 2 aromatic rings. The number of hydrogen-bond acceptors (Lipinski definition) is 5. The maximum atomic E-state index is 12.9. The molecule has 0 aliphatic rings. The minimum Gasteiger partial charge on any atom is -0.374 e. The minimum atomic E-state index is -5.91. The number of benzene rings is 1. The minimum absolute atomic E-state index is 0.149. The van der Waals surface area contributed by atoms with Crippen LogP contribution in [0.5, 0.6) is 5.75 Å². The molecule has 0 aliphatic carbocycles. The molecule has 10 heteroatoms. The maximum absolute atomic E-state index is 12.9. The highest BCUT2D eigenvalue weighted by Gasteiger charge is 2.48. The molecule has 1 aromatic carbocycles. The van der Waals surface area contributed by atoms with E-state index in [0.29, 0.717) is 6.20 Å². The van der Waals surface area contributed by atoms with Gasteiger partial charge in [0.15, 0.2) is 5.75 Å². The van der Waals surface area contributed by atoms with E-state index in [2.05, 4.69) is 9.17 Å². The zero-order chi connectivity index (χ0) is 17.3. The van der Waals surface area contributed by atoms with E-state index in [1.807, 2.05) is 0 Å². The lowest BCUT2D eigenvalue weighted by molar-refractivity contribution is -0.0499. The Morgan fingerprint density at radius 1 is 1.17 bits per heavy atom. The molecule has 0 saturated heterocycles. The molecule has 0 atom stereocenters. The van der Waals surface area contributed by atoms with E-state index in [1.165, 1.54) is 12.1 Å². The molecule has 1 heterocycles. The standard InChI is InChI=1S/C13H6F4N2O3S/c14-9-3-1-8(2-4-9)11-5-10(6-18)19-7-12(11)22-23(20,21)13(15,16)17/h1-5,7H. The summed E-state index contributed by atoms with van der Waals surface area (Å²) < 4.78 is 76.5. The van der Waals surface area contributed by atoms with Crippen molar-refractivity contribution < 1.29 is 30.2 Å². The Bertz CT molecular complexity index is 872. The topological polar surface area (TPSA) is 80.0 Å². The number of pyridine rings is 1. The predicted octanol–water partition coefficient (Wildman–Crippen LogP) is 2.99.